The molecule has 0 saturated carbocycles. The maximum absolute atomic E-state index is 12.2. The Kier molecular flexibility index (Phi) is 6.73. The van der Waals surface area contributed by atoms with Crippen molar-refractivity contribution in [1.29, 1.82) is 0 Å². The summed E-state index contributed by atoms with van der Waals surface area (Å²) in [7, 11) is 0. The Hall–Kier alpha value is -3.35. The van der Waals surface area contributed by atoms with Gasteiger partial charge in [0.15, 0.2) is 19.0 Å². The number of primary amides is 1. The van der Waals surface area contributed by atoms with Crippen molar-refractivity contribution in [1.82, 2.24) is 0 Å². The fourth-order valence-corrected chi connectivity index (χ4v) is 2.11. The Morgan fingerprint density at radius 2 is 1.62 bits per heavy atom. The number of ketones is 1. The van der Waals surface area contributed by atoms with E-state index in [9.17, 15) is 14.4 Å². The van der Waals surface area contributed by atoms with Crippen molar-refractivity contribution >= 4 is 17.7 Å². The second kappa shape index (κ2) is 9.22. The van der Waals surface area contributed by atoms with Gasteiger partial charge in [0.05, 0.1) is 6.61 Å². The van der Waals surface area contributed by atoms with Gasteiger partial charge in [-0.3, -0.25) is 9.59 Å². The monoisotopic (exact) mass is 357 g/mol. The number of esters is 1. The van der Waals surface area contributed by atoms with Crippen molar-refractivity contribution in [3.63, 3.8) is 0 Å². The first kappa shape index (κ1) is 19.0. The third-order valence-electron chi connectivity index (χ3n) is 3.30. The average Bonchev–Trinajstić information content (AvgIpc) is 2.65. The molecule has 0 aromatic heterocycles. The van der Waals surface area contributed by atoms with Crippen LogP contribution in [0.15, 0.2) is 48.5 Å². The van der Waals surface area contributed by atoms with E-state index in [2.05, 4.69) is 0 Å². The molecule has 0 radical (unpaired) electrons. The van der Waals surface area contributed by atoms with E-state index in [-0.39, 0.29) is 23.7 Å². The molecular weight excluding hydrogens is 338 g/mol. The van der Waals surface area contributed by atoms with Gasteiger partial charge < -0.3 is 19.9 Å². The van der Waals surface area contributed by atoms with Crippen LogP contribution < -0.4 is 15.2 Å². The number of rotatable bonds is 9. The summed E-state index contributed by atoms with van der Waals surface area (Å²) in [5.41, 5.74) is 5.53. The molecule has 2 aromatic carbocycles. The van der Waals surface area contributed by atoms with Gasteiger partial charge in [-0.1, -0.05) is 12.1 Å². The van der Waals surface area contributed by atoms with Crippen molar-refractivity contribution in [2.45, 2.75) is 6.92 Å². The first-order chi connectivity index (χ1) is 12.5. The largest absolute Gasteiger partial charge is 0.494 e. The van der Waals surface area contributed by atoms with E-state index in [0.717, 1.165) is 0 Å². The molecule has 0 spiro atoms. The average molecular weight is 357 g/mol. The zero-order valence-corrected chi connectivity index (χ0v) is 14.3. The maximum Gasteiger partial charge on any atom is 0.342 e. The fraction of sp³-hybridized carbons (Fsp3) is 0.211. The van der Waals surface area contributed by atoms with Gasteiger partial charge in [0.2, 0.25) is 0 Å². The number of para-hydroxylation sites is 1. The molecule has 0 saturated heterocycles. The lowest BCUT2D eigenvalue weighted by molar-refractivity contribution is -0.119. The molecule has 2 rings (SSSR count). The molecule has 0 atom stereocenters. The summed E-state index contributed by atoms with van der Waals surface area (Å²) in [4.78, 5) is 35.2. The van der Waals surface area contributed by atoms with E-state index in [1.807, 2.05) is 6.92 Å². The zero-order valence-electron chi connectivity index (χ0n) is 14.3. The molecule has 1 amide bonds. The maximum atomic E-state index is 12.2. The lowest BCUT2D eigenvalue weighted by Crippen LogP contribution is -2.21. The summed E-state index contributed by atoms with van der Waals surface area (Å²) in [6.07, 6.45) is 0. The van der Waals surface area contributed by atoms with Gasteiger partial charge in [-0.05, 0) is 43.3 Å². The highest BCUT2D eigenvalue weighted by Crippen LogP contribution is 2.19. The molecular formula is C19H19NO6. The van der Waals surface area contributed by atoms with Gasteiger partial charge in [0.25, 0.3) is 5.91 Å². The summed E-state index contributed by atoms with van der Waals surface area (Å²) in [6.45, 7) is 1.61. The molecule has 0 fully saturated rings. The molecule has 0 aliphatic heterocycles. The number of hydrogen-bond acceptors (Lipinski definition) is 6. The predicted octanol–water partition coefficient (Wildman–Crippen LogP) is 1.99. The van der Waals surface area contributed by atoms with Crippen molar-refractivity contribution in [2.24, 2.45) is 5.73 Å². The van der Waals surface area contributed by atoms with Crippen LogP contribution in [0.3, 0.4) is 0 Å². The molecule has 0 bridgehead atoms. The lowest BCUT2D eigenvalue weighted by Gasteiger charge is -2.10. The van der Waals surface area contributed by atoms with Crippen LogP contribution in [0.25, 0.3) is 0 Å². The van der Waals surface area contributed by atoms with Crippen LogP contribution in [0.2, 0.25) is 0 Å². The normalized spacial score (nSPS) is 10.0. The second-order valence-electron chi connectivity index (χ2n) is 5.21. The van der Waals surface area contributed by atoms with Crippen LogP contribution in [0, 0.1) is 0 Å². The standard InChI is InChI=1S/C19H19NO6/c1-2-24-14-9-7-13(8-10-14)16(21)11-26-19(23)15-5-3-4-6-17(15)25-12-18(20)22/h3-10H,2,11-12H2,1H3,(H2,20,22). The third-order valence-corrected chi connectivity index (χ3v) is 3.30. The molecule has 2 aromatic rings. The second-order valence-corrected chi connectivity index (χ2v) is 5.21. The summed E-state index contributed by atoms with van der Waals surface area (Å²) in [6, 6.07) is 12.8. The van der Waals surface area contributed by atoms with Gasteiger partial charge >= 0.3 is 5.97 Å². The number of amides is 1. The van der Waals surface area contributed by atoms with Crippen molar-refractivity contribution < 1.29 is 28.6 Å². The van der Waals surface area contributed by atoms with Gasteiger partial charge in [-0.15, -0.1) is 0 Å². The minimum absolute atomic E-state index is 0.105. The summed E-state index contributed by atoms with van der Waals surface area (Å²) >= 11 is 0. The predicted molar refractivity (Wildman–Crippen MR) is 93.4 cm³/mol. The SMILES string of the molecule is CCOc1ccc(C(=O)COC(=O)c2ccccc2OCC(N)=O)cc1. The Morgan fingerprint density at radius 1 is 0.923 bits per heavy atom. The van der Waals surface area contributed by atoms with Crippen LogP contribution in [0.5, 0.6) is 11.5 Å². The van der Waals surface area contributed by atoms with Gasteiger partial charge in [-0.25, -0.2) is 4.79 Å². The highest BCUT2D eigenvalue weighted by atomic mass is 16.5. The number of Topliss-reactive ketones (excluding diaryl/α,β-unsaturated/α-hetero) is 1. The van der Waals surface area contributed by atoms with Gasteiger partial charge in [0, 0.05) is 5.56 Å². The van der Waals surface area contributed by atoms with Crippen molar-refractivity contribution in [3.05, 3.63) is 59.7 Å². The van der Waals surface area contributed by atoms with E-state index >= 15 is 0 Å². The van der Waals surface area contributed by atoms with Crippen LogP contribution >= 0.6 is 0 Å². The van der Waals surface area contributed by atoms with Crippen LogP contribution in [-0.2, 0) is 9.53 Å². The zero-order chi connectivity index (χ0) is 18.9. The number of ether oxygens (including phenoxy) is 3. The Morgan fingerprint density at radius 3 is 2.27 bits per heavy atom. The smallest absolute Gasteiger partial charge is 0.342 e. The van der Waals surface area contributed by atoms with Gasteiger partial charge in [0.1, 0.15) is 17.1 Å². The van der Waals surface area contributed by atoms with E-state index in [0.29, 0.717) is 17.9 Å². The molecule has 136 valence electrons. The van der Waals surface area contributed by atoms with Crippen LogP contribution in [0.1, 0.15) is 27.6 Å². The first-order valence-corrected chi connectivity index (χ1v) is 7.94. The first-order valence-electron chi connectivity index (χ1n) is 7.94. The Labute approximate surface area is 150 Å². The molecule has 2 N–H and O–H groups in total. The van der Waals surface area contributed by atoms with Crippen molar-refractivity contribution in [3.8, 4) is 11.5 Å². The number of hydrogen-bond donors (Lipinski definition) is 1. The molecule has 26 heavy (non-hydrogen) atoms. The summed E-state index contributed by atoms with van der Waals surface area (Å²) < 4.78 is 15.5. The number of carbonyl (C=O) groups excluding carboxylic acids is 3. The number of benzene rings is 2. The molecule has 0 unspecified atom stereocenters. The number of nitrogens with two attached hydrogens (primary N) is 1. The van der Waals surface area contributed by atoms with E-state index in [1.165, 1.54) is 12.1 Å². The van der Waals surface area contributed by atoms with E-state index in [1.54, 1.807) is 36.4 Å². The van der Waals surface area contributed by atoms with E-state index < -0.39 is 18.5 Å². The highest BCUT2D eigenvalue weighted by molar-refractivity contribution is 6.00. The Balaban J connectivity index is 1.97. The molecule has 0 aliphatic carbocycles. The van der Waals surface area contributed by atoms with E-state index in [4.69, 9.17) is 19.9 Å². The fourth-order valence-electron chi connectivity index (χ4n) is 2.11. The molecule has 0 aliphatic rings. The number of carbonyl (C=O) groups is 3. The minimum Gasteiger partial charge on any atom is -0.494 e. The van der Waals surface area contributed by atoms with Crippen LogP contribution in [-0.4, -0.2) is 37.5 Å². The van der Waals surface area contributed by atoms with Gasteiger partial charge in [-0.2, -0.15) is 0 Å². The lowest BCUT2D eigenvalue weighted by atomic mass is 10.1. The van der Waals surface area contributed by atoms with Crippen LogP contribution in [0.4, 0.5) is 0 Å². The Bertz CT molecular complexity index is 785. The quantitative estimate of drug-likeness (QED) is 0.543. The summed E-state index contributed by atoms with van der Waals surface area (Å²) in [5.74, 6) is -0.938. The molecule has 7 nitrogen and oxygen atoms in total. The summed E-state index contributed by atoms with van der Waals surface area (Å²) in [5, 5.41) is 0. The minimum atomic E-state index is -0.732. The topological polar surface area (TPSA) is 105 Å². The molecule has 0 heterocycles. The molecule has 7 heteroatoms. The third kappa shape index (κ3) is 5.34. The van der Waals surface area contributed by atoms with Crippen molar-refractivity contribution in [2.75, 3.05) is 19.8 Å². The highest BCUT2D eigenvalue weighted by Gasteiger charge is 2.16.